The van der Waals surface area contributed by atoms with E-state index in [1.165, 1.54) is 0 Å². The van der Waals surface area contributed by atoms with Crippen LogP contribution in [0, 0.1) is 6.92 Å². The zero-order valence-electron chi connectivity index (χ0n) is 10.2. The lowest BCUT2D eigenvalue weighted by molar-refractivity contribution is -0.123. The quantitative estimate of drug-likeness (QED) is 0.917. The van der Waals surface area contributed by atoms with Crippen molar-refractivity contribution in [3.8, 4) is 0 Å². The molecule has 2 N–H and O–H groups in total. The lowest BCUT2D eigenvalue weighted by Gasteiger charge is -2.20. The van der Waals surface area contributed by atoms with Crippen molar-refractivity contribution in [1.82, 2.24) is 9.78 Å². The summed E-state index contributed by atoms with van der Waals surface area (Å²) in [6, 6.07) is 0. The second-order valence-corrected chi connectivity index (χ2v) is 5.13. The van der Waals surface area contributed by atoms with E-state index in [1.54, 1.807) is 11.6 Å². The summed E-state index contributed by atoms with van der Waals surface area (Å²) in [6.45, 7) is 5.59. The standard InChI is InChI=1S/C11H18BrN3O/c1-5-11(3,13)9(16)6-8-10(12)7(2)14-15(8)4/h5-6,13H2,1-4H3. The highest BCUT2D eigenvalue weighted by Crippen LogP contribution is 2.22. The monoisotopic (exact) mass is 287 g/mol. The molecule has 0 aliphatic rings. The van der Waals surface area contributed by atoms with Gasteiger partial charge in [-0.3, -0.25) is 9.48 Å². The van der Waals surface area contributed by atoms with Crippen molar-refractivity contribution in [3.63, 3.8) is 0 Å². The minimum Gasteiger partial charge on any atom is -0.319 e. The molecule has 1 unspecified atom stereocenters. The van der Waals surface area contributed by atoms with E-state index in [2.05, 4.69) is 21.0 Å². The Morgan fingerprint density at radius 3 is 2.56 bits per heavy atom. The summed E-state index contributed by atoms with van der Waals surface area (Å²) >= 11 is 3.44. The molecule has 90 valence electrons. The Balaban J connectivity index is 2.94. The number of aromatic nitrogens is 2. The topological polar surface area (TPSA) is 60.9 Å². The third-order valence-electron chi connectivity index (χ3n) is 2.96. The average molecular weight is 288 g/mol. The Morgan fingerprint density at radius 1 is 1.62 bits per heavy atom. The highest BCUT2D eigenvalue weighted by Gasteiger charge is 2.27. The second kappa shape index (κ2) is 4.67. The number of carbonyl (C=O) groups excluding carboxylic acids is 1. The zero-order valence-corrected chi connectivity index (χ0v) is 11.8. The van der Waals surface area contributed by atoms with Crippen LogP contribution in [0.3, 0.4) is 0 Å². The smallest absolute Gasteiger partial charge is 0.158 e. The lowest BCUT2D eigenvalue weighted by Crippen LogP contribution is -2.45. The first-order valence-electron chi connectivity index (χ1n) is 5.29. The van der Waals surface area contributed by atoms with Crippen LogP contribution in [0.4, 0.5) is 0 Å². The minimum atomic E-state index is -0.752. The molecular weight excluding hydrogens is 270 g/mol. The molecule has 0 radical (unpaired) electrons. The van der Waals surface area contributed by atoms with Gasteiger partial charge in [0.1, 0.15) is 0 Å². The number of Topliss-reactive ketones (excluding diaryl/α,β-unsaturated/α-hetero) is 1. The Morgan fingerprint density at radius 2 is 2.19 bits per heavy atom. The van der Waals surface area contributed by atoms with Crippen LogP contribution in [0.15, 0.2) is 4.47 Å². The Kier molecular flexibility index (Phi) is 3.91. The fourth-order valence-electron chi connectivity index (χ4n) is 1.42. The molecule has 1 aromatic heterocycles. The van der Waals surface area contributed by atoms with E-state index in [9.17, 15) is 4.79 Å². The zero-order chi connectivity index (χ0) is 12.5. The first kappa shape index (κ1) is 13.4. The fourth-order valence-corrected chi connectivity index (χ4v) is 1.90. The number of rotatable bonds is 4. The number of hydrogen-bond donors (Lipinski definition) is 1. The van der Waals surface area contributed by atoms with Gasteiger partial charge in [-0.2, -0.15) is 5.10 Å². The molecule has 0 spiro atoms. The molecule has 0 bridgehead atoms. The van der Waals surface area contributed by atoms with E-state index in [0.29, 0.717) is 12.8 Å². The van der Waals surface area contributed by atoms with Crippen LogP contribution in [0.1, 0.15) is 31.7 Å². The largest absolute Gasteiger partial charge is 0.319 e. The normalized spacial score (nSPS) is 14.9. The van der Waals surface area contributed by atoms with Crippen LogP contribution in [-0.4, -0.2) is 21.1 Å². The predicted molar refractivity (Wildman–Crippen MR) is 67.2 cm³/mol. The first-order chi connectivity index (χ1) is 7.29. The van der Waals surface area contributed by atoms with Gasteiger partial charge in [0.05, 0.1) is 27.8 Å². The van der Waals surface area contributed by atoms with Gasteiger partial charge in [0, 0.05) is 7.05 Å². The summed E-state index contributed by atoms with van der Waals surface area (Å²) in [4.78, 5) is 12.0. The number of carbonyl (C=O) groups is 1. The van der Waals surface area contributed by atoms with Crippen molar-refractivity contribution >= 4 is 21.7 Å². The summed E-state index contributed by atoms with van der Waals surface area (Å²) in [5.74, 6) is 0.0405. The highest BCUT2D eigenvalue weighted by molar-refractivity contribution is 9.10. The van der Waals surface area contributed by atoms with Gasteiger partial charge in [-0.15, -0.1) is 0 Å². The second-order valence-electron chi connectivity index (χ2n) is 4.34. The van der Waals surface area contributed by atoms with Crippen LogP contribution in [0.25, 0.3) is 0 Å². The average Bonchev–Trinajstić information content (AvgIpc) is 2.45. The van der Waals surface area contributed by atoms with Crippen LogP contribution in [0.5, 0.6) is 0 Å². The Hall–Kier alpha value is -0.680. The molecule has 0 aliphatic heterocycles. The maximum atomic E-state index is 12.0. The predicted octanol–water partition coefficient (Wildman–Crippen LogP) is 1.73. The molecule has 1 atom stereocenters. The molecule has 0 aliphatic carbocycles. The number of nitrogens with two attached hydrogens (primary N) is 1. The molecule has 16 heavy (non-hydrogen) atoms. The molecule has 4 nitrogen and oxygen atoms in total. The molecule has 0 fully saturated rings. The molecule has 0 amide bonds. The number of halogens is 1. The van der Waals surface area contributed by atoms with Gasteiger partial charge in [0.25, 0.3) is 0 Å². The van der Waals surface area contributed by atoms with Crippen LogP contribution >= 0.6 is 15.9 Å². The van der Waals surface area contributed by atoms with E-state index < -0.39 is 5.54 Å². The Bertz CT molecular complexity index is 410. The van der Waals surface area contributed by atoms with Gasteiger partial charge < -0.3 is 5.73 Å². The van der Waals surface area contributed by atoms with Gasteiger partial charge in [-0.1, -0.05) is 6.92 Å². The molecule has 1 rings (SSSR count). The molecule has 0 saturated carbocycles. The first-order valence-corrected chi connectivity index (χ1v) is 6.09. The summed E-state index contributed by atoms with van der Waals surface area (Å²) in [6.07, 6.45) is 0.957. The minimum absolute atomic E-state index is 0.0405. The third kappa shape index (κ3) is 2.52. The SMILES string of the molecule is CCC(C)(N)C(=O)Cc1c(Br)c(C)nn1C. The summed E-state index contributed by atoms with van der Waals surface area (Å²) < 4.78 is 2.62. The van der Waals surface area contributed by atoms with Crippen LogP contribution in [-0.2, 0) is 18.3 Å². The van der Waals surface area contributed by atoms with E-state index >= 15 is 0 Å². The van der Waals surface area contributed by atoms with Gasteiger partial charge in [-0.25, -0.2) is 0 Å². The van der Waals surface area contributed by atoms with Crippen molar-refractivity contribution in [3.05, 3.63) is 15.9 Å². The fraction of sp³-hybridized carbons (Fsp3) is 0.636. The summed E-state index contributed by atoms with van der Waals surface area (Å²) in [5.41, 5.74) is 6.94. The maximum absolute atomic E-state index is 12.0. The summed E-state index contributed by atoms with van der Waals surface area (Å²) in [7, 11) is 1.83. The van der Waals surface area contributed by atoms with Crippen molar-refractivity contribution < 1.29 is 4.79 Å². The van der Waals surface area contributed by atoms with Gasteiger partial charge in [-0.05, 0) is 36.2 Å². The Labute approximate surface area is 104 Å². The van der Waals surface area contributed by atoms with Crippen molar-refractivity contribution in [1.29, 1.82) is 0 Å². The molecule has 1 heterocycles. The van der Waals surface area contributed by atoms with Crippen molar-refractivity contribution in [2.75, 3.05) is 0 Å². The van der Waals surface area contributed by atoms with E-state index in [-0.39, 0.29) is 5.78 Å². The molecular formula is C11H18BrN3O. The number of hydrogen-bond acceptors (Lipinski definition) is 3. The van der Waals surface area contributed by atoms with Crippen molar-refractivity contribution in [2.24, 2.45) is 12.8 Å². The van der Waals surface area contributed by atoms with Gasteiger partial charge >= 0.3 is 0 Å². The van der Waals surface area contributed by atoms with E-state index in [0.717, 1.165) is 15.9 Å². The molecule has 0 aromatic carbocycles. The molecule has 0 saturated heterocycles. The maximum Gasteiger partial charge on any atom is 0.158 e. The van der Waals surface area contributed by atoms with Gasteiger partial charge in [0.2, 0.25) is 0 Å². The van der Waals surface area contributed by atoms with Gasteiger partial charge in [0.15, 0.2) is 5.78 Å². The number of aryl methyl sites for hydroxylation is 2. The number of nitrogens with zero attached hydrogens (tertiary/aromatic N) is 2. The lowest BCUT2D eigenvalue weighted by atomic mass is 9.92. The highest BCUT2D eigenvalue weighted by atomic mass is 79.9. The summed E-state index contributed by atoms with van der Waals surface area (Å²) in [5, 5.41) is 4.25. The molecule has 5 heteroatoms. The third-order valence-corrected chi connectivity index (χ3v) is 3.99. The molecule has 1 aromatic rings. The van der Waals surface area contributed by atoms with E-state index in [1.807, 2.05) is 20.9 Å². The van der Waals surface area contributed by atoms with Crippen molar-refractivity contribution in [2.45, 2.75) is 39.2 Å². The van der Waals surface area contributed by atoms with E-state index in [4.69, 9.17) is 5.73 Å². The number of ketones is 1. The van der Waals surface area contributed by atoms with Crippen LogP contribution in [0.2, 0.25) is 0 Å². The van der Waals surface area contributed by atoms with Crippen LogP contribution < -0.4 is 5.73 Å².